The summed E-state index contributed by atoms with van der Waals surface area (Å²) >= 11 is 0. The topological polar surface area (TPSA) is 49.9 Å². The first-order valence-corrected chi connectivity index (χ1v) is 9.15. The van der Waals surface area contributed by atoms with E-state index in [9.17, 15) is 22.8 Å². The lowest BCUT2D eigenvalue weighted by Crippen LogP contribution is -2.51. The number of halogens is 3. The Hall–Kier alpha value is -3.03. The van der Waals surface area contributed by atoms with Crippen molar-refractivity contribution in [2.45, 2.75) is 12.6 Å². The van der Waals surface area contributed by atoms with Crippen LogP contribution < -0.4 is 4.74 Å². The zero-order chi connectivity index (χ0) is 21.0. The molecule has 3 rings (SSSR count). The second kappa shape index (κ2) is 8.55. The fraction of sp³-hybridized carbons (Fsp3) is 0.333. The normalized spacial score (nSPS) is 14.6. The first-order valence-electron chi connectivity index (χ1n) is 9.15. The van der Waals surface area contributed by atoms with Crippen LogP contribution in [-0.2, 0) is 17.4 Å². The molecular weight excluding hydrogens is 385 g/mol. The van der Waals surface area contributed by atoms with E-state index in [1.165, 1.54) is 12.1 Å². The molecule has 0 atom stereocenters. The van der Waals surface area contributed by atoms with E-state index < -0.39 is 11.7 Å². The summed E-state index contributed by atoms with van der Waals surface area (Å²) in [6.07, 6.45) is -4.19. The summed E-state index contributed by atoms with van der Waals surface area (Å²) in [7, 11) is 1.56. The average molecular weight is 406 g/mol. The Morgan fingerprint density at radius 3 is 2.17 bits per heavy atom. The number of amides is 2. The number of methoxy groups -OCH3 is 1. The third-order valence-corrected chi connectivity index (χ3v) is 4.87. The fourth-order valence-corrected chi connectivity index (χ4v) is 3.21. The Bertz CT molecular complexity index is 873. The average Bonchev–Trinajstić information content (AvgIpc) is 2.73. The van der Waals surface area contributed by atoms with Crippen LogP contribution in [0, 0.1) is 0 Å². The van der Waals surface area contributed by atoms with Crippen molar-refractivity contribution in [3.8, 4) is 5.75 Å². The first kappa shape index (κ1) is 20.7. The van der Waals surface area contributed by atoms with Crippen LogP contribution >= 0.6 is 0 Å². The number of rotatable bonds is 4. The van der Waals surface area contributed by atoms with E-state index in [0.717, 1.165) is 17.7 Å². The van der Waals surface area contributed by atoms with E-state index >= 15 is 0 Å². The molecule has 0 aliphatic carbocycles. The Kier molecular flexibility index (Phi) is 6.10. The predicted octanol–water partition coefficient (Wildman–Crippen LogP) is 3.24. The second-order valence-electron chi connectivity index (χ2n) is 6.78. The maximum atomic E-state index is 12.7. The van der Waals surface area contributed by atoms with E-state index in [1.54, 1.807) is 23.0 Å². The molecule has 2 aromatic carbocycles. The third kappa shape index (κ3) is 5.07. The number of ether oxygens (including phenoxy) is 1. The van der Waals surface area contributed by atoms with E-state index in [0.29, 0.717) is 31.9 Å². The molecule has 2 aromatic rings. The molecule has 0 unspecified atom stereocenters. The number of benzene rings is 2. The highest BCUT2D eigenvalue weighted by molar-refractivity contribution is 5.94. The molecular formula is C21H21F3N2O3. The molecule has 1 heterocycles. The standard InChI is InChI=1S/C21H21F3N2O3/c1-29-18-4-2-3-15(13-18)14-19(27)25-9-11-26(12-10-25)20(28)16-5-7-17(8-6-16)21(22,23)24/h2-8,13H,9-12,14H2,1H3. The first-order chi connectivity index (χ1) is 13.8. The van der Waals surface area contributed by atoms with Crippen molar-refractivity contribution in [3.05, 3.63) is 65.2 Å². The monoisotopic (exact) mass is 406 g/mol. The molecule has 1 aliphatic rings. The minimum atomic E-state index is -4.43. The maximum Gasteiger partial charge on any atom is 0.416 e. The van der Waals surface area contributed by atoms with Gasteiger partial charge in [-0.2, -0.15) is 13.2 Å². The quantitative estimate of drug-likeness (QED) is 0.783. The minimum absolute atomic E-state index is 0.0418. The second-order valence-corrected chi connectivity index (χ2v) is 6.78. The van der Waals surface area contributed by atoms with Gasteiger partial charge >= 0.3 is 6.18 Å². The number of alkyl halides is 3. The molecule has 2 amide bonds. The van der Waals surface area contributed by atoms with Crippen molar-refractivity contribution < 1.29 is 27.5 Å². The largest absolute Gasteiger partial charge is 0.497 e. The Labute approximate surface area is 166 Å². The van der Waals surface area contributed by atoms with Crippen LogP contribution in [0.3, 0.4) is 0 Å². The Morgan fingerprint density at radius 1 is 0.966 bits per heavy atom. The third-order valence-electron chi connectivity index (χ3n) is 4.87. The summed E-state index contributed by atoms with van der Waals surface area (Å²) in [5.74, 6) is 0.306. The van der Waals surface area contributed by atoms with Crippen LogP contribution in [0.15, 0.2) is 48.5 Å². The van der Waals surface area contributed by atoms with Crippen molar-refractivity contribution in [1.29, 1.82) is 0 Å². The zero-order valence-electron chi connectivity index (χ0n) is 15.9. The molecule has 5 nitrogen and oxygen atoms in total. The van der Waals surface area contributed by atoms with Crippen molar-refractivity contribution in [3.63, 3.8) is 0 Å². The van der Waals surface area contributed by atoms with Crippen molar-refractivity contribution in [1.82, 2.24) is 9.80 Å². The summed E-state index contributed by atoms with van der Waals surface area (Å²) in [6.45, 7) is 1.44. The number of nitrogens with zero attached hydrogens (tertiary/aromatic N) is 2. The van der Waals surface area contributed by atoms with Crippen molar-refractivity contribution in [2.24, 2.45) is 0 Å². The van der Waals surface area contributed by atoms with Gasteiger partial charge in [0.25, 0.3) is 5.91 Å². The van der Waals surface area contributed by atoms with Crippen LogP contribution in [0.25, 0.3) is 0 Å². The van der Waals surface area contributed by atoms with E-state index in [2.05, 4.69) is 0 Å². The number of hydrogen-bond donors (Lipinski definition) is 0. The number of carbonyl (C=O) groups is 2. The van der Waals surface area contributed by atoms with Gasteiger partial charge in [0.05, 0.1) is 19.1 Å². The van der Waals surface area contributed by atoms with E-state index in [-0.39, 0.29) is 23.8 Å². The molecule has 1 aliphatic heterocycles. The smallest absolute Gasteiger partial charge is 0.416 e. The lowest BCUT2D eigenvalue weighted by atomic mass is 10.1. The van der Waals surface area contributed by atoms with Crippen molar-refractivity contribution in [2.75, 3.05) is 33.3 Å². The van der Waals surface area contributed by atoms with Crippen LogP contribution in [0.4, 0.5) is 13.2 Å². The molecule has 8 heteroatoms. The summed E-state index contributed by atoms with van der Waals surface area (Å²) in [5.41, 5.74) is 0.258. The molecule has 1 fully saturated rings. The van der Waals surface area contributed by atoms with Gasteiger partial charge in [-0.15, -0.1) is 0 Å². The summed E-state index contributed by atoms with van der Waals surface area (Å²) in [5, 5.41) is 0. The van der Waals surface area contributed by atoms with Crippen LogP contribution in [0.5, 0.6) is 5.75 Å². The molecule has 0 bridgehead atoms. The predicted molar refractivity (Wildman–Crippen MR) is 101 cm³/mol. The lowest BCUT2D eigenvalue weighted by Gasteiger charge is -2.35. The summed E-state index contributed by atoms with van der Waals surface area (Å²) in [6, 6.07) is 11.5. The van der Waals surface area contributed by atoms with Gasteiger partial charge in [-0.3, -0.25) is 9.59 Å². The number of carbonyl (C=O) groups excluding carboxylic acids is 2. The molecule has 0 radical (unpaired) electrons. The van der Waals surface area contributed by atoms with Gasteiger partial charge in [-0.1, -0.05) is 12.1 Å². The summed E-state index contributed by atoms with van der Waals surface area (Å²) in [4.78, 5) is 28.3. The van der Waals surface area contributed by atoms with Gasteiger partial charge < -0.3 is 14.5 Å². The van der Waals surface area contributed by atoms with Gasteiger partial charge in [0.15, 0.2) is 0 Å². The molecule has 0 spiro atoms. The highest BCUT2D eigenvalue weighted by Gasteiger charge is 2.31. The SMILES string of the molecule is COc1cccc(CC(=O)N2CCN(C(=O)c3ccc(C(F)(F)F)cc3)CC2)c1. The van der Waals surface area contributed by atoms with Gasteiger partial charge in [0.2, 0.25) is 5.91 Å². The molecule has 0 N–H and O–H groups in total. The van der Waals surface area contributed by atoms with Gasteiger partial charge in [0.1, 0.15) is 5.75 Å². The highest BCUT2D eigenvalue weighted by Crippen LogP contribution is 2.29. The molecule has 0 aromatic heterocycles. The van der Waals surface area contributed by atoms with E-state index in [4.69, 9.17) is 4.74 Å². The number of hydrogen-bond acceptors (Lipinski definition) is 3. The van der Waals surface area contributed by atoms with Crippen molar-refractivity contribution >= 4 is 11.8 Å². The van der Waals surface area contributed by atoms with Crippen LogP contribution in [0.1, 0.15) is 21.5 Å². The van der Waals surface area contributed by atoms with Gasteiger partial charge in [-0.05, 0) is 42.0 Å². The molecule has 0 saturated carbocycles. The lowest BCUT2D eigenvalue weighted by molar-refractivity contribution is -0.137. The Balaban J connectivity index is 1.55. The zero-order valence-corrected chi connectivity index (χ0v) is 15.9. The minimum Gasteiger partial charge on any atom is -0.497 e. The molecule has 154 valence electrons. The number of piperazine rings is 1. The summed E-state index contributed by atoms with van der Waals surface area (Å²) < 4.78 is 43.1. The van der Waals surface area contributed by atoms with Crippen LogP contribution in [-0.4, -0.2) is 54.9 Å². The molecule has 1 saturated heterocycles. The van der Waals surface area contributed by atoms with Gasteiger partial charge in [-0.25, -0.2) is 0 Å². The Morgan fingerprint density at radius 2 is 1.59 bits per heavy atom. The maximum absolute atomic E-state index is 12.7. The van der Waals surface area contributed by atoms with Gasteiger partial charge in [0, 0.05) is 31.7 Å². The highest BCUT2D eigenvalue weighted by atomic mass is 19.4. The van der Waals surface area contributed by atoms with E-state index in [1.807, 2.05) is 18.2 Å². The fourth-order valence-electron chi connectivity index (χ4n) is 3.21. The molecule has 29 heavy (non-hydrogen) atoms. The van der Waals surface area contributed by atoms with Crippen LogP contribution in [0.2, 0.25) is 0 Å².